The molecule has 46 heavy (non-hydrogen) atoms. The Bertz CT molecular complexity index is 1200. The second kappa shape index (κ2) is 19.5. The zero-order valence-electron chi connectivity index (χ0n) is 30.9. The molecule has 0 amide bonds. The van der Waals surface area contributed by atoms with Crippen LogP contribution in [0.2, 0.25) is 13.3 Å². The number of unbranched alkanes of at least 4 members (excludes halogenated alkanes) is 3. The summed E-state index contributed by atoms with van der Waals surface area (Å²) in [5, 5.41) is 0. The summed E-state index contributed by atoms with van der Waals surface area (Å²) >= 11 is -7.33. The molecule has 6 nitrogen and oxygen atoms in total. The standard InChI is InChI=1S/2C10H13.3C4H9.3C2H4O2.Pb.Sn/c2*1-10(2,3)9-7-5-4-6-8-9;3*1-3-4-2;3*1-2(3)4;;/h2*4-5,7-8H,1-3H3;3*1,3-4H2,2H3;3*1H3,(H,3,4);;/q;;;;;;;;+3;/p-3. The van der Waals surface area contributed by atoms with Gasteiger partial charge in [0.25, 0.3) is 0 Å². The Morgan fingerprint density at radius 2 is 0.978 bits per heavy atom. The third-order valence-electron chi connectivity index (χ3n) is 8.28. The van der Waals surface area contributed by atoms with Crippen LogP contribution in [0, 0.1) is 0 Å². The quantitative estimate of drug-likeness (QED) is 0.176. The van der Waals surface area contributed by atoms with Crippen molar-refractivity contribution in [3.05, 3.63) is 59.7 Å². The second-order valence-corrected chi connectivity index (χ2v) is 36.8. The van der Waals surface area contributed by atoms with Crippen molar-refractivity contribution in [1.29, 1.82) is 0 Å². The molecule has 8 heteroatoms. The first-order valence-corrected chi connectivity index (χ1v) is 31.3. The summed E-state index contributed by atoms with van der Waals surface area (Å²) < 4.78 is 22.9. The topological polar surface area (TPSA) is 78.9 Å². The van der Waals surface area contributed by atoms with Crippen LogP contribution in [-0.2, 0) is 33.3 Å². The Morgan fingerprint density at radius 1 is 0.609 bits per heavy atom. The predicted molar refractivity (Wildman–Crippen MR) is 196 cm³/mol. The van der Waals surface area contributed by atoms with E-state index in [2.05, 4.69) is 65.8 Å². The van der Waals surface area contributed by atoms with Crippen LogP contribution in [0.3, 0.4) is 0 Å². The average molecular weight is 941 g/mol. The molecule has 0 saturated heterocycles. The third kappa shape index (κ3) is 14.0. The predicted octanol–water partition coefficient (Wildman–Crippen LogP) is 8.86. The van der Waals surface area contributed by atoms with Crippen molar-refractivity contribution in [2.24, 2.45) is 0 Å². The van der Waals surface area contributed by atoms with Crippen molar-refractivity contribution < 1.29 is 22.4 Å². The fraction of sp³-hybridized carbons (Fsp3) is 0.605. The molecule has 0 heterocycles. The third-order valence-corrected chi connectivity index (χ3v) is 34.3. The Labute approximate surface area is 291 Å². The van der Waals surface area contributed by atoms with Crippen LogP contribution in [0.15, 0.2) is 48.5 Å². The number of benzene rings is 2. The maximum atomic E-state index is 11.5. The normalized spacial score (nSPS) is 12.1. The van der Waals surface area contributed by atoms with Gasteiger partial charge >= 0.3 is 293 Å². The summed E-state index contributed by atoms with van der Waals surface area (Å²) in [7, 11) is 0. The zero-order valence-corrected chi connectivity index (χ0v) is 37.7. The van der Waals surface area contributed by atoms with E-state index in [4.69, 9.17) is 8.06 Å². The second-order valence-electron chi connectivity index (χ2n) is 14.6. The molecule has 0 fully saturated rings. The van der Waals surface area contributed by atoms with Crippen LogP contribution in [0.4, 0.5) is 0 Å². The van der Waals surface area contributed by atoms with Gasteiger partial charge in [-0.2, -0.15) is 0 Å². The van der Waals surface area contributed by atoms with Gasteiger partial charge in [0.1, 0.15) is 0 Å². The molecule has 0 spiro atoms. The van der Waals surface area contributed by atoms with Gasteiger partial charge in [-0.25, -0.2) is 0 Å². The Hall–Kier alpha value is -1.43. The molecular weight excluding hydrogens is 878 g/mol. The van der Waals surface area contributed by atoms with Gasteiger partial charge in [-0.1, -0.05) is 0 Å². The maximum absolute atomic E-state index is 11.5. The van der Waals surface area contributed by atoms with E-state index in [0.29, 0.717) is 3.12 Å². The van der Waals surface area contributed by atoms with Crippen molar-refractivity contribution in [3.8, 4) is 0 Å². The number of hydrogen-bond donors (Lipinski definition) is 0. The van der Waals surface area contributed by atoms with Gasteiger partial charge in [0, 0.05) is 0 Å². The van der Waals surface area contributed by atoms with Crippen LogP contribution < -0.4 is 6.70 Å². The summed E-state index contributed by atoms with van der Waals surface area (Å²) in [5.74, 6) is -1.97. The summed E-state index contributed by atoms with van der Waals surface area (Å²) in [4.78, 5) is 34.6. The Morgan fingerprint density at radius 3 is 1.33 bits per heavy atom. The Kier molecular flexibility index (Phi) is 18.1. The van der Waals surface area contributed by atoms with Crippen LogP contribution in [0.25, 0.3) is 0 Å². The van der Waals surface area contributed by atoms with Crippen molar-refractivity contribution in [2.75, 3.05) is 0 Å². The van der Waals surface area contributed by atoms with E-state index in [9.17, 15) is 14.4 Å². The van der Waals surface area contributed by atoms with Crippen LogP contribution in [-0.4, -0.2) is 58.8 Å². The van der Waals surface area contributed by atoms with E-state index in [0.717, 1.165) is 5.56 Å². The van der Waals surface area contributed by atoms with E-state index in [-0.39, 0.29) is 10.8 Å². The molecule has 0 aliphatic heterocycles. The van der Waals surface area contributed by atoms with Crippen molar-refractivity contribution in [3.63, 3.8) is 0 Å². The summed E-state index contributed by atoms with van der Waals surface area (Å²) in [5.41, 5.74) is 2.60. The van der Waals surface area contributed by atoms with Gasteiger partial charge in [0.2, 0.25) is 0 Å². The molecule has 0 aliphatic rings. The van der Waals surface area contributed by atoms with Gasteiger partial charge < -0.3 is 0 Å². The van der Waals surface area contributed by atoms with Gasteiger partial charge in [0.15, 0.2) is 0 Å². The first-order valence-electron chi connectivity index (χ1n) is 17.2. The average Bonchev–Trinajstić information content (AvgIpc) is 2.95. The molecule has 0 aromatic heterocycles. The molecule has 258 valence electrons. The molecule has 0 atom stereocenters. The summed E-state index contributed by atoms with van der Waals surface area (Å²) in [6.07, 6.45) is 8.41. The number of carbonyl (C=O) groups is 3. The van der Waals surface area contributed by atoms with Gasteiger partial charge in [-0.05, 0) is 0 Å². The monoisotopic (exact) mass is 942 g/mol. The van der Waals surface area contributed by atoms with E-state index in [1.807, 2.05) is 30.4 Å². The minimum absolute atomic E-state index is 0.168. The Balaban J connectivity index is 0.000000460. The van der Waals surface area contributed by atoms with E-state index in [1.54, 1.807) is 37.1 Å². The molecule has 2 rings (SSSR count). The number of carbonyl (C=O) groups excluding carboxylic acids is 3. The van der Waals surface area contributed by atoms with Gasteiger partial charge in [-0.15, -0.1) is 0 Å². The fourth-order valence-electron chi connectivity index (χ4n) is 5.65. The van der Waals surface area contributed by atoms with Crippen LogP contribution in [0.5, 0.6) is 0 Å². The molecule has 2 aromatic rings. The summed E-state index contributed by atoms with van der Waals surface area (Å²) in [6.45, 7) is 23.8. The van der Waals surface area contributed by atoms with Gasteiger partial charge in [0.05, 0.1) is 0 Å². The molecule has 0 saturated carbocycles. The molecule has 0 aliphatic carbocycles. The van der Waals surface area contributed by atoms with Crippen molar-refractivity contribution in [2.45, 2.75) is 146 Å². The zero-order chi connectivity index (χ0) is 35.2. The SMILES string of the molecule is CC(=O)[O][Pb]([O]C(C)=O)([O]C(C)=O)[c]1cccc(C(C)(C)C)c1.CCC[CH2][Sn]([CH2]CCC)([CH2]CCC)[c]1cccc(C(C)(C)C)c1. The van der Waals surface area contributed by atoms with Gasteiger partial charge in [-0.3, -0.25) is 0 Å². The molecule has 0 N–H and O–H groups in total. The van der Waals surface area contributed by atoms with Crippen molar-refractivity contribution >= 4 is 65.5 Å². The van der Waals surface area contributed by atoms with Crippen LogP contribution in [0.1, 0.15) is 133 Å². The molecule has 0 bridgehead atoms. The van der Waals surface area contributed by atoms with E-state index < -0.39 is 58.8 Å². The minimum atomic E-state index is -5.09. The molecule has 0 radical (unpaired) electrons. The van der Waals surface area contributed by atoms with Crippen LogP contribution >= 0.6 is 0 Å². The number of rotatable bonds is 14. The van der Waals surface area contributed by atoms with Crippen molar-refractivity contribution in [1.82, 2.24) is 0 Å². The van der Waals surface area contributed by atoms with E-state index in [1.165, 1.54) is 59.3 Å². The fourth-order valence-corrected chi connectivity index (χ4v) is 30.4. The molecule has 2 aromatic carbocycles. The molecular formula is C38H62O6PbSn. The first-order chi connectivity index (χ1) is 21.4. The summed E-state index contributed by atoms with van der Waals surface area (Å²) in [6, 6.07) is 16.9. The first kappa shape index (κ1) is 42.6. The number of hydrogen-bond acceptors (Lipinski definition) is 6. The van der Waals surface area contributed by atoms with E-state index >= 15 is 0 Å². The molecule has 0 unspecified atom stereocenters.